The van der Waals surface area contributed by atoms with Crippen molar-refractivity contribution in [3.8, 4) is 0 Å². The van der Waals surface area contributed by atoms with E-state index in [4.69, 9.17) is 66.9 Å². The molecule has 10 nitrogen and oxygen atoms in total. The summed E-state index contributed by atoms with van der Waals surface area (Å²) in [7, 11) is 2.70. The van der Waals surface area contributed by atoms with Crippen molar-refractivity contribution in [2.24, 2.45) is 10.2 Å². The number of hydrogen-bond acceptors (Lipinski definition) is 6. The fraction of sp³-hybridized carbons (Fsp3) is 0.278. The van der Waals surface area contributed by atoms with Crippen LogP contribution in [-0.2, 0) is 19.1 Å². The van der Waals surface area contributed by atoms with E-state index in [1.807, 2.05) is 60.7 Å². The number of carbonyl (C=O) groups is 2. The summed E-state index contributed by atoms with van der Waals surface area (Å²) in [6.45, 7) is 0. The van der Waals surface area contributed by atoms with Crippen LogP contribution in [0.4, 0.5) is 0 Å². The van der Waals surface area contributed by atoms with Crippen LogP contribution < -0.4 is 0 Å². The molecule has 0 saturated heterocycles. The molecule has 0 spiro atoms. The molecule has 0 aliphatic carbocycles. The SMILES string of the molecule is COC(=O)CC[C@@H](c1cccc(Cl)c1)[C@@H](N=[N+]=[N-])c1ccc(Cl)cc1.COC(=O)CC[C@H](c1cccc(Cl)c1)C(N=[N+]=[N-])c1ccc(Cl)cc1. The van der Waals surface area contributed by atoms with Gasteiger partial charge in [0.2, 0.25) is 0 Å². The molecular weight excluding hydrogens is 722 g/mol. The first-order valence-corrected chi connectivity index (χ1v) is 16.8. The average Bonchev–Trinajstić information content (AvgIpc) is 3.12. The summed E-state index contributed by atoms with van der Waals surface area (Å²) in [5, 5.41) is 10.3. The third kappa shape index (κ3) is 12.5. The van der Waals surface area contributed by atoms with Crippen LogP contribution in [0.1, 0.15) is 71.9 Å². The van der Waals surface area contributed by atoms with Gasteiger partial charge in [0.1, 0.15) is 0 Å². The van der Waals surface area contributed by atoms with E-state index in [2.05, 4.69) is 20.1 Å². The highest BCUT2D eigenvalue weighted by Gasteiger charge is 2.26. The van der Waals surface area contributed by atoms with E-state index in [1.165, 1.54) is 14.2 Å². The Bertz CT molecular complexity index is 1680. The second kappa shape index (κ2) is 21.0. The maximum atomic E-state index is 11.6. The number of rotatable bonds is 14. The third-order valence-corrected chi connectivity index (χ3v) is 8.84. The smallest absolute Gasteiger partial charge is 0.305 e. The van der Waals surface area contributed by atoms with E-state index in [1.54, 1.807) is 36.4 Å². The summed E-state index contributed by atoms with van der Waals surface area (Å²) in [5.41, 5.74) is 21.5. The van der Waals surface area contributed by atoms with Crippen molar-refractivity contribution in [1.82, 2.24) is 0 Å². The van der Waals surface area contributed by atoms with Gasteiger partial charge in [-0.1, -0.05) is 105 Å². The number of halogens is 4. The molecule has 260 valence electrons. The van der Waals surface area contributed by atoms with Gasteiger partial charge in [-0.3, -0.25) is 9.59 Å². The monoisotopic (exact) mass is 754 g/mol. The number of ether oxygens (including phenoxy) is 2. The lowest BCUT2D eigenvalue weighted by Gasteiger charge is -2.24. The van der Waals surface area contributed by atoms with Crippen LogP contribution in [0.3, 0.4) is 0 Å². The number of esters is 2. The van der Waals surface area contributed by atoms with Gasteiger partial charge >= 0.3 is 11.9 Å². The van der Waals surface area contributed by atoms with E-state index in [0.29, 0.717) is 32.9 Å². The Labute approximate surface area is 310 Å². The maximum Gasteiger partial charge on any atom is 0.305 e. The predicted octanol–water partition coefficient (Wildman–Crippen LogP) is 12.2. The highest BCUT2D eigenvalue weighted by atomic mass is 35.5. The van der Waals surface area contributed by atoms with Crippen molar-refractivity contribution in [2.75, 3.05) is 14.2 Å². The molecule has 4 atom stereocenters. The molecule has 0 amide bonds. The van der Waals surface area contributed by atoms with Gasteiger partial charge < -0.3 is 9.47 Å². The predicted molar refractivity (Wildman–Crippen MR) is 198 cm³/mol. The van der Waals surface area contributed by atoms with Crippen LogP contribution in [0.5, 0.6) is 0 Å². The minimum Gasteiger partial charge on any atom is -0.469 e. The quantitative estimate of drug-likeness (QED) is 0.0544. The van der Waals surface area contributed by atoms with E-state index in [0.717, 1.165) is 22.3 Å². The molecule has 0 aliphatic rings. The van der Waals surface area contributed by atoms with E-state index < -0.39 is 12.1 Å². The van der Waals surface area contributed by atoms with Gasteiger partial charge in [-0.2, -0.15) is 0 Å². The van der Waals surface area contributed by atoms with Crippen LogP contribution in [0.25, 0.3) is 20.9 Å². The summed E-state index contributed by atoms with van der Waals surface area (Å²) >= 11 is 24.1. The number of methoxy groups -OCH3 is 2. The normalized spacial score (nSPS) is 12.8. The first-order valence-electron chi connectivity index (χ1n) is 15.3. The maximum absolute atomic E-state index is 11.6. The summed E-state index contributed by atoms with van der Waals surface area (Å²) in [6.07, 6.45) is 1.33. The summed E-state index contributed by atoms with van der Waals surface area (Å²) < 4.78 is 9.47. The summed E-state index contributed by atoms with van der Waals surface area (Å²) in [4.78, 5) is 29.2. The first-order chi connectivity index (χ1) is 24.1. The number of hydrogen-bond donors (Lipinski definition) is 0. The molecule has 0 bridgehead atoms. The van der Waals surface area contributed by atoms with Crippen molar-refractivity contribution in [3.05, 3.63) is 160 Å². The van der Waals surface area contributed by atoms with Crippen molar-refractivity contribution in [3.63, 3.8) is 0 Å². The van der Waals surface area contributed by atoms with Gasteiger partial charge in [-0.05, 0) is 107 Å². The number of benzene rings is 4. The fourth-order valence-electron chi connectivity index (χ4n) is 5.43. The second-order valence-electron chi connectivity index (χ2n) is 11.0. The molecule has 0 radical (unpaired) electrons. The minimum absolute atomic E-state index is 0.207. The fourth-order valence-corrected chi connectivity index (χ4v) is 6.08. The Balaban J connectivity index is 0.000000270. The van der Waals surface area contributed by atoms with Crippen LogP contribution in [0, 0.1) is 0 Å². The van der Waals surface area contributed by atoms with Gasteiger partial charge in [0.05, 0.1) is 26.3 Å². The van der Waals surface area contributed by atoms with Crippen LogP contribution in [-0.4, -0.2) is 26.2 Å². The molecule has 0 saturated carbocycles. The van der Waals surface area contributed by atoms with Gasteiger partial charge in [0, 0.05) is 42.8 Å². The van der Waals surface area contributed by atoms with Crippen LogP contribution >= 0.6 is 46.4 Å². The molecule has 0 heterocycles. The third-order valence-electron chi connectivity index (χ3n) is 7.87. The molecule has 0 fully saturated rings. The molecule has 0 aliphatic heterocycles. The van der Waals surface area contributed by atoms with E-state index in [9.17, 15) is 9.59 Å². The zero-order valence-electron chi connectivity index (χ0n) is 27.2. The number of nitrogens with zero attached hydrogens (tertiary/aromatic N) is 6. The topological polar surface area (TPSA) is 150 Å². The van der Waals surface area contributed by atoms with Crippen LogP contribution in [0.15, 0.2) is 107 Å². The molecule has 1 unspecified atom stereocenters. The lowest BCUT2D eigenvalue weighted by Crippen LogP contribution is -2.12. The lowest BCUT2D eigenvalue weighted by atomic mass is 9.84. The number of carbonyl (C=O) groups excluding carboxylic acids is 2. The molecule has 0 aromatic heterocycles. The summed E-state index contributed by atoms with van der Waals surface area (Å²) in [6, 6.07) is 27.9. The van der Waals surface area contributed by atoms with E-state index >= 15 is 0 Å². The standard InChI is InChI=1S/2C18H17Cl2N3O2/c2*1-25-17(24)10-9-16(13-3-2-4-15(20)11-13)18(22-23-21)12-5-7-14(19)8-6-12/h2*2-8,11,16,18H,9-10H2,1H3/t16-,18?;16-,18-/m10/s1. The summed E-state index contributed by atoms with van der Waals surface area (Å²) in [5.74, 6) is -1.09. The van der Waals surface area contributed by atoms with Crippen molar-refractivity contribution < 1.29 is 19.1 Å². The highest BCUT2D eigenvalue weighted by Crippen LogP contribution is 2.40. The Kier molecular flexibility index (Phi) is 16.8. The Hall–Kier alpha value is -4.40. The average molecular weight is 757 g/mol. The Morgan fingerprint density at radius 1 is 0.580 bits per heavy atom. The molecule has 14 heteroatoms. The number of azide groups is 2. The zero-order valence-corrected chi connectivity index (χ0v) is 30.2. The second-order valence-corrected chi connectivity index (χ2v) is 12.7. The van der Waals surface area contributed by atoms with Crippen molar-refractivity contribution in [1.29, 1.82) is 0 Å². The lowest BCUT2D eigenvalue weighted by molar-refractivity contribution is -0.141. The molecule has 4 aromatic rings. The van der Waals surface area contributed by atoms with Gasteiger partial charge in [0.25, 0.3) is 0 Å². The molecule has 50 heavy (non-hydrogen) atoms. The largest absolute Gasteiger partial charge is 0.469 e. The Morgan fingerprint density at radius 3 is 1.24 bits per heavy atom. The Morgan fingerprint density at radius 2 is 0.940 bits per heavy atom. The van der Waals surface area contributed by atoms with Gasteiger partial charge in [-0.15, -0.1) is 0 Å². The zero-order chi connectivity index (χ0) is 36.5. The van der Waals surface area contributed by atoms with Crippen molar-refractivity contribution in [2.45, 2.75) is 49.6 Å². The van der Waals surface area contributed by atoms with Gasteiger partial charge in [0.15, 0.2) is 0 Å². The molecular formula is C36H34Cl4N6O4. The van der Waals surface area contributed by atoms with Crippen LogP contribution in [0.2, 0.25) is 20.1 Å². The first kappa shape index (κ1) is 40.0. The molecule has 0 N–H and O–H groups in total. The molecule has 4 rings (SSSR count). The minimum atomic E-state index is -0.495. The van der Waals surface area contributed by atoms with Gasteiger partial charge in [-0.25, -0.2) is 0 Å². The highest BCUT2D eigenvalue weighted by molar-refractivity contribution is 6.31. The van der Waals surface area contributed by atoms with E-state index in [-0.39, 0.29) is 36.6 Å². The molecule has 4 aromatic carbocycles. The van der Waals surface area contributed by atoms with Crippen molar-refractivity contribution >= 4 is 58.3 Å².